The zero-order valence-electron chi connectivity index (χ0n) is 14.2. The summed E-state index contributed by atoms with van der Waals surface area (Å²) in [6.07, 6.45) is 4.68. The molecular formula is C18H23FN4OS. The van der Waals surface area contributed by atoms with E-state index in [2.05, 4.69) is 21.6 Å². The molecule has 2 N–H and O–H groups in total. The maximum atomic E-state index is 13.2. The number of thiophene rings is 1. The van der Waals surface area contributed by atoms with Gasteiger partial charge in [0.05, 0.1) is 11.6 Å². The zero-order valence-corrected chi connectivity index (χ0v) is 15.0. The molecule has 3 atom stereocenters. The van der Waals surface area contributed by atoms with Crippen molar-refractivity contribution in [2.24, 2.45) is 0 Å². The molecular weight excluding hydrogens is 339 g/mol. The molecule has 2 fully saturated rings. The van der Waals surface area contributed by atoms with Crippen LogP contribution in [0.1, 0.15) is 41.7 Å². The Morgan fingerprint density at radius 1 is 1.40 bits per heavy atom. The number of alkyl halides is 1. The standard InChI is InChI=1S/C18H23FN4OS/c19-11-7-15(21-9-11)17(24)22-12-5-6-23(10-12)18-14(8-20)13-3-1-2-4-16(13)25-18/h11-12,15,21H,1-7,9-10H2,(H,22,24)/t11-,12+,15+/m1/s1. The zero-order chi connectivity index (χ0) is 17.4. The van der Waals surface area contributed by atoms with Crippen LogP contribution in [0.3, 0.4) is 0 Å². The number of carbonyl (C=O) groups excluding carboxylic acids is 1. The number of aryl methyl sites for hydroxylation is 1. The smallest absolute Gasteiger partial charge is 0.237 e. The maximum absolute atomic E-state index is 13.2. The largest absolute Gasteiger partial charge is 0.360 e. The van der Waals surface area contributed by atoms with E-state index in [4.69, 9.17) is 0 Å². The van der Waals surface area contributed by atoms with Crippen molar-refractivity contribution in [2.45, 2.75) is 56.8 Å². The minimum atomic E-state index is -0.925. The van der Waals surface area contributed by atoms with Gasteiger partial charge in [-0.25, -0.2) is 4.39 Å². The molecule has 0 unspecified atom stereocenters. The van der Waals surface area contributed by atoms with Crippen LogP contribution in [-0.2, 0) is 17.6 Å². The summed E-state index contributed by atoms with van der Waals surface area (Å²) in [6.45, 7) is 1.84. The van der Waals surface area contributed by atoms with Gasteiger partial charge in [0.1, 0.15) is 17.2 Å². The van der Waals surface area contributed by atoms with Crippen LogP contribution in [0.15, 0.2) is 0 Å². The Morgan fingerprint density at radius 3 is 3.00 bits per heavy atom. The molecule has 4 rings (SSSR count). The van der Waals surface area contributed by atoms with E-state index in [1.165, 1.54) is 23.3 Å². The van der Waals surface area contributed by atoms with Gasteiger partial charge in [-0.3, -0.25) is 4.79 Å². The minimum Gasteiger partial charge on any atom is -0.360 e. The van der Waals surface area contributed by atoms with Gasteiger partial charge in [-0.05, 0) is 37.7 Å². The molecule has 3 heterocycles. The summed E-state index contributed by atoms with van der Waals surface area (Å²) in [4.78, 5) is 15.9. The fourth-order valence-corrected chi connectivity index (χ4v) is 5.52. The predicted molar refractivity (Wildman–Crippen MR) is 95.7 cm³/mol. The average molecular weight is 362 g/mol. The predicted octanol–water partition coefficient (Wildman–Crippen LogP) is 1.89. The van der Waals surface area contributed by atoms with Crippen molar-refractivity contribution in [3.8, 4) is 6.07 Å². The highest BCUT2D eigenvalue weighted by Gasteiger charge is 2.33. The highest BCUT2D eigenvalue weighted by molar-refractivity contribution is 7.16. The number of nitrogens with one attached hydrogen (secondary N) is 2. The summed E-state index contributed by atoms with van der Waals surface area (Å²) in [5, 5.41) is 16.7. The van der Waals surface area contributed by atoms with Gasteiger partial charge in [0, 0.05) is 37.0 Å². The van der Waals surface area contributed by atoms with Crippen LogP contribution in [0, 0.1) is 11.3 Å². The number of nitrogens with zero attached hydrogens (tertiary/aromatic N) is 2. The second-order valence-corrected chi connectivity index (χ2v) is 8.32. The second kappa shape index (κ2) is 6.93. The van der Waals surface area contributed by atoms with Crippen molar-refractivity contribution in [3.63, 3.8) is 0 Å². The fraction of sp³-hybridized carbons (Fsp3) is 0.667. The number of carbonyl (C=O) groups is 1. The van der Waals surface area contributed by atoms with Gasteiger partial charge in [0.25, 0.3) is 0 Å². The van der Waals surface area contributed by atoms with Crippen molar-refractivity contribution < 1.29 is 9.18 Å². The molecule has 0 bridgehead atoms. The van der Waals surface area contributed by atoms with Crippen molar-refractivity contribution in [2.75, 3.05) is 24.5 Å². The fourth-order valence-electron chi connectivity index (χ4n) is 4.15. The van der Waals surface area contributed by atoms with Gasteiger partial charge in [0.2, 0.25) is 5.91 Å². The number of halogens is 1. The average Bonchev–Trinajstić information content (AvgIpc) is 3.32. The van der Waals surface area contributed by atoms with Gasteiger partial charge >= 0.3 is 0 Å². The highest BCUT2D eigenvalue weighted by atomic mass is 32.1. The van der Waals surface area contributed by atoms with Gasteiger partial charge in [-0.15, -0.1) is 11.3 Å². The van der Waals surface area contributed by atoms with E-state index in [-0.39, 0.29) is 24.9 Å². The van der Waals surface area contributed by atoms with E-state index in [1.54, 1.807) is 11.3 Å². The third kappa shape index (κ3) is 3.25. The molecule has 2 saturated heterocycles. The molecule has 2 aliphatic heterocycles. The van der Waals surface area contributed by atoms with Gasteiger partial charge in [-0.2, -0.15) is 5.26 Å². The number of hydrogen-bond donors (Lipinski definition) is 2. The Morgan fingerprint density at radius 2 is 2.24 bits per heavy atom. The van der Waals surface area contributed by atoms with Crippen LogP contribution >= 0.6 is 11.3 Å². The van der Waals surface area contributed by atoms with Crippen molar-refractivity contribution in [3.05, 3.63) is 16.0 Å². The molecule has 5 nitrogen and oxygen atoms in total. The monoisotopic (exact) mass is 362 g/mol. The lowest BCUT2D eigenvalue weighted by molar-refractivity contribution is -0.123. The topological polar surface area (TPSA) is 68.2 Å². The van der Waals surface area contributed by atoms with Gasteiger partial charge in [0.15, 0.2) is 0 Å². The summed E-state index contributed by atoms with van der Waals surface area (Å²) in [5.74, 6) is -0.0991. The number of amides is 1. The number of anilines is 1. The second-order valence-electron chi connectivity index (χ2n) is 7.24. The lowest BCUT2D eigenvalue weighted by Gasteiger charge is -2.19. The van der Waals surface area contributed by atoms with Crippen LogP contribution in [-0.4, -0.2) is 43.8 Å². The van der Waals surface area contributed by atoms with Gasteiger partial charge in [-0.1, -0.05) is 0 Å². The molecule has 1 aliphatic carbocycles. The summed E-state index contributed by atoms with van der Waals surface area (Å²) in [7, 11) is 0. The third-order valence-corrected chi connectivity index (χ3v) is 6.83. The Balaban J connectivity index is 1.42. The summed E-state index contributed by atoms with van der Waals surface area (Å²) in [6, 6.07) is 2.07. The maximum Gasteiger partial charge on any atom is 0.237 e. The normalized spacial score (nSPS) is 28.6. The van der Waals surface area contributed by atoms with E-state index in [9.17, 15) is 14.4 Å². The summed E-state index contributed by atoms with van der Waals surface area (Å²) >= 11 is 1.76. The van der Waals surface area contributed by atoms with Crippen LogP contribution in [0.25, 0.3) is 0 Å². The Labute approximate surface area is 151 Å². The Hall–Kier alpha value is -1.65. The molecule has 134 valence electrons. The van der Waals surface area contributed by atoms with Crippen LogP contribution < -0.4 is 15.5 Å². The van der Waals surface area contributed by atoms with E-state index in [1.807, 2.05) is 0 Å². The first kappa shape index (κ1) is 16.8. The highest BCUT2D eigenvalue weighted by Crippen LogP contribution is 2.40. The number of nitriles is 1. The quantitative estimate of drug-likeness (QED) is 0.862. The van der Waals surface area contributed by atoms with Crippen molar-refractivity contribution in [1.29, 1.82) is 5.26 Å². The third-order valence-electron chi connectivity index (χ3n) is 5.48. The van der Waals surface area contributed by atoms with Crippen molar-refractivity contribution >= 4 is 22.2 Å². The van der Waals surface area contributed by atoms with E-state index < -0.39 is 12.2 Å². The minimum absolute atomic E-state index is 0.0682. The lowest BCUT2D eigenvalue weighted by Crippen LogP contribution is -2.46. The first-order valence-corrected chi connectivity index (χ1v) is 9.94. The van der Waals surface area contributed by atoms with Gasteiger partial charge < -0.3 is 15.5 Å². The SMILES string of the molecule is N#Cc1c(N2CC[C@H](NC(=O)[C@@H]3C[C@@H](F)CN3)C2)sc2c1CCCC2. The van der Waals surface area contributed by atoms with E-state index in [0.29, 0.717) is 0 Å². The summed E-state index contributed by atoms with van der Waals surface area (Å²) in [5.41, 5.74) is 2.11. The molecule has 25 heavy (non-hydrogen) atoms. The van der Waals surface area contributed by atoms with Crippen LogP contribution in [0.2, 0.25) is 0 Å². The number of hydrogen-bond acceptors (Lipinski definition) is 5. The molecule has 1 amide bonds. The molecule has 7 heteroatoms. The molecule has 0 spiro atoms. The molecule has 1 aromatic heterocycles. The Bertz CT molecular complexity index is 713. The van der Waals surface area contributed by atoms with E-state index in [0.717, 1.165) is 42.9 Å². The molecule has 0 saturated carbocycles. The molecule has 0 aromatic carbocycles. The lowest BCUT2D eigenvalue weighted by atomic mass is 9.96. The molecule has 3 aliphatic rings. The van der Waals surface area contributed by atoms with E-state index >= 15 is 0 Å². The van der Waals surface area contributed by atoms with Crippen molar-refractivity contribution in [1.82, 2.24) is 10.6 Å². The number of rotatable bonds is 3. The Kier molecular flexibility index (Phi) is 4.65. The molecule has 0 radical (unpaired) electrons. The number of fused-ring (bicyclic) bond motifs is 1. The van der Waals surface area contributed by atoms with Crippen LogP contribution in [0.4, 0.5) is 9.39 Å². The molecule has 1 aromatic rings. The van der Waals surface area contributed by atoms with Crippen LogP contribution in [0.5, 0.6) is 0 Å². The summed E-state index contributed by atoms with van der Waals surface area (Å²) < 4.78 is 13.2. The first-order chi connectivity index (χ1) is 12.2. The first-order valence-electron chi connectivity index (χ1n) is 9.13.